The van der Waals surface area contributed by atoms with Gasteiger partial charge in [-0.05, 0) is 31.0 Å². The van der Waals surface area contributed by atoms with Crippen LogP contribution in [0.5, 0.6) is 5.75 Å². The van der Waals surface area contributed by atoms with Gasteiger partial charge >= 0.3 is 0 Å². The summed E-state index contributed by atoms with van der Waals surface area (Å²) in [6.45, 7) is 0. The number of amides is 1. The summed E-state index contributed by atoms with van der Waals surface area (Å²) < 4.78 is 5.28. The van der Waals surface area contributed by atoms with E-state index in [-0.39, 0.29) is 5.91 Å². The van der Waals surface area contributed by atoms with Gasteiger partial charge in [0.05, 0.1) is 12.7 Å². The number of ether oxygens (including phenoxy) is 1. The van der Waals surface area contributed by atoms with E-state index in [9.17, 15) is 4.79 Å². The minimum Gasteiger partial charge on any atom is -0.496 e. The molecule has 0 unspecified atom stereocenters. The zero-order chi connectivity index (χ0) is 14.5. The van der Waals surface area contributed by atoms with Crippen molar-refractivity contribution in [1.82, 2.24) is 4.90 Å². The average Bonchev–Trinajstić information content (AvgIpc) is 2.74. The van der Waals surface area contributed by atoms with Gasteiger partial charge in [-0.15, -0.1) is 0 Å². The van der Waals surface area contributed by atoms with Crippen molar-refractivity contribution in [1.29, 1.82) is 0 Å². The topological polar surface area (TPSA) is 29.5 Å². The van der Waals surface area contributed by atoms with Crippen molar-refractivity contribution in [3.05, 3.63) is 28.8 Å². The minimum atomic E-state index is -0.00347. The van der Waals surface area contributed by atoms with Crippen LogP contribution in [0.4, 0.5) is 0 Å². The van der Waals surface area contributed by atoms with Gasteiger partial charge in [-0.25, -0.2) is 0 Å². The first-order chi connectivity index (χ1) is 9.63. The quantitative estimate of drug-likeness (QED) is 0.784. The van der Waals surface area contributed by atoms with Gasteiger partial charge in [0.1, 0.15) is 5.75 Å². The molecule has 1 aromatic carbocycles. The monoisotopic (exact) mass is 295 g/mol. The van der Waals surface area contributed by atoms with Crippen molar-refractivity contribution >= 4 is 17.5 Å². The number of carbonyl (C=O) groups is 1. The van der Waals surface area contributed by atoms with Gasteiger partial charge in [0.15, 0.2) is 0 Å². The van der Waals surface area contributed by atoms with Crippen LogP contribution in [0.3, 0.4) is 0 Å². The summed E-state index contributed by atoms with van der Waals surface area (Å²) in [5.41, 5.74) is 0.548. The van der Waals surface area contributed by atoms with Gasteiger partial charge in [-0.2, -0.15) is 0 Å². The van der Waals surface area contributed by atoms with Crippen LogP contribution in [0.25, 0.3) is 0 Å². The average molecular weight is 296 g/mol. The second-order valence-corrected chi connectivity index (χ2v) is 5.84. The normalized spacial score (nSPS) is 16.6. The number of methoxy groups -OCH3 is 1. The Bertz CT molecular complexity index is 468. The molecule has 0 bridgehead atoms. The van der Waals surface area contributed by atoms with Crippen LogP contribution in [-0.4, -0.2) is 31.0 Å². The molecule has 0 atom stereocenters. The van der Waals surface area contributed by atoms with Crippen molar-refractivity contribution in [3.8, 4) is 5.75 Å². The fraction of sp³-hybridized carbons (Fsp3) is 0.562. The van der Waals surface area contributed by atoms with Crippen LogP contribution >= 0.6 is 11.6 Å². The number of nitrogens with zero attached hydrogens (tertiary/aromatic N) is 1. The molecule has 0 aromatic heterocycles. The molecule has 0 radical (unpaired) electrons. The fourth-order valence-electron chi connectivity index (χ4n) is 2.85. The third kappa shape index (κ3) is 3.45. The summed E-state index contributed by atoms with van der Waals surface area (Å²) in [5, 5.41) is 0.559. The number of carbonyl (C=O) groups excluding carboxylic acids is 1. The SMILES string of the molecule is COc1ccc(Cl)cc1C(=O)N(C)C1CCCCCC1. The van der Waals surface area contributed by atoms with Gasteiger partial charge in [0.2, 0.25) is 0 Å². The van der Waals surface area contributed by atoms with E-state index in [2.05, 4.69) is 0 Å². The van der Waals surface area contributed by atoms with Crippen molar-refractivity contribution in [2.24, 2.45) is 0 Å². The van der Waals surface area contributed by atoms with E-state index in [1.54, 1.807) is 25.3 Å². The molecule has 1 amide bonds. The number of benzene rings is 1. The first-order valence-corrected chi connectivity index (χ1v) is 7.62. The minimum absolute atomic E-state index is 0.00347. The van der Waals surface area contributed by atoms with Crippen molar-refractivity contribution < 1.29 is 9.53 Å². The molecule has 0 aliphatic heterocycles. The molecule has 20 heavy (non-hydrogen) atoms. The standard InChI is InChI=1S/C16H22ClNO2/c1-18(13-7-5-3-4-6-8-13)16(19)14-11-12(17)9-10-15(14)20-2/h9-11,13H,3-8H2,1-2H3. The first-order valence-electron chi connectivity index (χ1n) is 7.24. The number of rotatable bonds is 3. The Labute approximate surface area is 125 Å². The highest BCUT2D eigenvalue weighted by molar-refractivity contribution is 6.31. The molecule has 0 saturated heterocycles. The molecule has 1 saturated carbocycles. The number of hydrogen-bond donors (Lipinski definition) is 0. The van der Waals surface area contributed by atoms with Crippen molar-refractivity contribution in [2.45, 2.75) is 44.6 Å². The van der Waals surface area contributed by atoms with Gasteiger partial charge in [-0.3, -0.25) is 4.79 Å². The lowest BCUT2D eigenvalue weighted by Gasteiger charge is -2.28. The molecule has 110 valence electrons. The molecule has 0 heterocycles. The highest BCUT2D eigenvalue weighted by Crippen LogP contribution is 2.27. The molecule has 1 aliphatic carbocycles. The Kier molecular flexibility index (Phi) is 5.30. The van der Waals surface area contributed by atoms with Crippen LogP contribution < -0.4 is 4.74 Å². The van der Waals surface area contributed by atoms with Crippen LogP contribution in [0.2, 0.25) is 5.02 Å². The van der Waals surface area contributed by atoms with E-state index in [1.165, 1.54) is 25.7 Å². The molecule has 1 fully saturated rings. The summed E-state index contributed by atoms with van der Waals surface area (Å²) in [5.74, 6) is 0.580. The lowest BCUT2D eigenvalue weighted by Crippen LogP contribution is -2.36. The van der Waals surface area contributed by atoms with Crippen LogP contribution in [0, 0.1) is 0 Å². The largest absolute Gasteiger partial charge is 0.496 e. The van der Waals surface area contributed by atoms with Crippen molar-refractivity contribution in [3.63, 3.8) is 0 Å². The zero-order valence-electron chi connectivity index (χ0n) is 12.2. The molecule has 2 rings (SSSR count). The summed E-state index contributed by atoms with van der Waals surface area (Å²) in [7, 11) is 3.46. The summed E-state index contributed by atoms with van der Waals surface area (Å²) >= 11 is 6.01. The Hall–Kier alpha value is -1.22. The Morgan fingerprint density at radius 1 is 1.25 bits per heavy atom. The molecule has 0 spiro atoms. The maximum absolute atomic E-state index is 12.7. The Balaban J connectivity index is 2.19. The summed E-state index contributed by atoms with van der Waals surface area (Å²) in [6, 6.07) is 5.50. The number of halogens is 1. The molecule has 3 nitrogen and oxygen atoms in total. The van der Waals surface area contributed by atoms with E-state index in [4.69, 9.17) is 16.3 Å². The van der Waals surface area contributed by atoms with Crippen LogP contribution in [-0.2, 0) is 0 Å². The molecular weight excluding hydrogens is 274 g/mol. The second-order valence-electron chi connectivity index (χ2n) is 5.41. The van der Waals surface area contributed by atoms with E-state index >= 15 is 0 Å². The summed E-state index contributed by atoms with van der Waals surface area (Å²) in [4.78, 5) is 14.5. The smallest absolute Gasteiger partial charge is 0.257 e. The molecule has 4 heteroatoms. The summed E-state index contributed by atoms with van der Waals surface area (Å²) in [6.07, 6.45) is 7.14. The Morgan fingerprint density at radius 2 is 1.90 bits per heavy atom. The molecule has 1 aliphatic rings. The predicted molar refractivity (Wildman–Crippen MR) is 81.6 cm³/mol. The van der Waals surface area contributed by atoms with Gasteiger partial charge in [0.25, 0.3) is 5.91 Å². The van der Waals surface area contributed by atoms with E-state index in [1.807, 2.05) is 11.9 Å². The maximum atomic E-state index is 12.7. The third-order valence-corrected chi connectivity index (χ3v) is 4.32. The molecule has 0 N–H and O–H groups in total. The predicted octanol–water partition coefficient (Wildman–Crippen LogP) is 4.14. The van der Waals surface area contributed by atoms with Crippen LogP contribution in [0.15, 0.2) is 18.2 Å². The van der Waals surface area contributed by atoms with E-state index in [0.29, 0.717) is 22.4 Å². The number of hydrogen-bond acceptors (Lipinski definition) is 2. The van der Waals surface area contributed by atoms with Gasteiger partial charge < -0.3 is 9.64 Å². The van der Waals surface area contributed by atoms with Gasteiger partial charge in [0, 0.05) is 18.1 Å². The van der Waals surface area contributed by atoms with Crippen molar-refractivity contribution in [2.75, 3.05) is 14.2 Å². The fourth-order valence-corrected chi connectivity index (χ4v) is 3.02. The highest BCUT2D eigenvalue weighted by Gasteiger charge is 2.24. The van der Waals surface area contributed by atoms with Crippen LogP contribution in [0.1, 0.15) is 48.9 Å². The molecular formula is C16H22ClNO2. The van der Waals surface area contributed by atoms with E-state index in [0.717, 1.165) is 12.8 Å². The lowest BCUT2D eigenvalue weighted by atomic mass is 10.1. The Morgan fingerprint density at radius 3 is 2.50 bits per heavy atom. The van der Waals surface area contributed by atoms with Gasteiger partial charge in [-0.1, -0.05) is 37.3 Å². The zero-order valence-corrected chi connectivity index (χ0v) is 12.9. The molecule has 1 aromatic rings. The first kappa shape index (κ1) is 15.2. The third-order valence-electron chi connectivity index (χ3n) is 4.08. The second kappa shape index (κ2) is 6.98. The van der Waals surface area contributed by atoms with E-state index < -0.39 is 0 Å². The highest BCUT2D eigenvalue weighted by atomic mass is 35.5. The maximum Gasteiger partial charge on any atom is 0.257 e. The lowest BCUT2D eigenvalue weighted by molar-refractivity contribution is 0.0714.